The standard InChI is InChI=1S/C19H17NO3/c1-12-7-8-15(23-2)11-17(12)20-19(22)16-9-13-5-3-4-6-14(13)10-18(16)21/h3-11,21H,1-2H3,(H,20,22). The Hall–Kier alpha value is -3.01. The van der Waals surface area contributed by atoms with Crippen molar-refractivity contribution in [3.63, 3.8) is 0 Å². The second-order valence-corrected chi connectivity index (χ2v) is 5.35. The lowest BCUT2D eigenvalue weighted by Crippen LogP contribution is -2.13. The Bertz CT molecular complexity index is 887. The number of ether oxygens (including phenoxy) is 1. The molecule has 2 N–H and O–H groups in total. The summed E-state index contributed by atoms with van der Waals surface area (Å²) in [6.45, 7) is 1.90. The number of hydrogen-bond acceptors (Lipinski definition) is 3. The molecule has 0 aliphatic carbocycles. The summed E-state index contributed by atoms with van der Waals surface area (Å²) in [7, 11) is 1.57. The van der Waals surface area contributed by atoms with Gasteiger partial charge in [0.2, 0.25) is 0 Å². The lowest BCUT2D eigenvalue weighted by atomic mass is 10.1. The fraction of sp³-hybridized carbons (Fsp3) is 0.105. The van der Waals surface area contributed by atoms with Gasteiger partial charge < -0.3 is 15.2 Å². The number of rotatable bonds is 3. The highest BCUT2D eigenvalue weighted by Gasteiger charge is 2.14. The molecule has 3 aromatic carbocycles. The van der Waals surface area contributed by atoms with Crippen LogP contribution >= 0.6 is 0 Å². The zero-order chi connectivity index (χ0) is 16.4. The zero-order valence-corrected chi connectivity index (χ0v) is 13.0. The number of benzene rings is 3. The first-order valence-electron chi connectivity index (χ1n) is 7.26. The minimum absolute atomic E-state index is 0.0400. The van der Waals surface area contributed by atoms with E-state index >= 15 is 0 Å². The van der Waals surface area contributed by atoms with Crippen LogP contribution in [0.1, 0.15) is 15.9 Å². The number of hydrogen-bond donors (Lipinski definition) is 2. The van der Waals surface area contributed by atoms with Gasteiger partial charge in [0, 0.05) is 11.8 Å². The second-order valence-electron chi connectivity index (χ2n) is 5.35. The summed E-state index contributed by atoms with van der Waals surface area (Å²) in [4.78, 5) is 12.5. The first-order valence-corrected chi connectivity index (χ1v) is 7.26. The van der Waals surface area contributed by atoms with Crippen molar-refractivity contribution in [2.45, 2.75) is 6.92 Å². The molecule has 0 bridgehead atoms. The molecule has 0 radical (unpaired) electrons. The molecule has 23 heavy (non-hydrogen) atoms. The van der Waals surface area contributed by atoms with E-state index in [1.54, 1.807) is 25.3 Å². The molecule has 0 saturated heterocycles. The van der Waals surface area contributed by atoms with Gasteiger partial charge in [0.05, 0.1) is 12.7 Å². The van der Waals surface area contributed by atoms with Gasteiger partial charge in [0.1, 0.15) is 11.5 Å². The van der Waals surface area contributed by atoms with E-state index in [1.165, 1.54) is 0 Å². The number of amides is 1. The van der Waals surface area contributed by atoms with Gasteiger partial charge in [-0.3, -0.25) is 4.79 Å². The zero-order valence-electron chi connectivity index (χ0n) is 13.0. The van der Waals surface area contributed by atoms with Crippen molar-refractivity contribution < 1.29 is 14.6 Å². The van der Waals surface area contributed by atoms with Crippen molar-refractivity contribution >= 4 is 22.4 Å². The van der Waals surface area contributed by atoms with E-state index in [0.717, 1.165) is 16.3 Å². The monoisotopic (exact) mass is 307 g/mol. The Morgan fingerprint density at radius 2 is 1.74 bits per heavy atom. The molecule has 0 spiro atoms. The molecular formula is C19H17NO3. The average molecular weight is 307 g/mol. The topological polar surface area (TPSA) is 58.6 Å². The van der Waals surface area contributed by atoms with Crippen molar-refractivity contribution in [2.24, 2.45) is 0 Å². The van der Waals surface area contributed by atoms with Crippen LogP contribution < -0.4 is 10.1 Å². The molecule has 0 aromatic heterocycles. The minimum atomic E-state index is -0.357. The summed E-state index contributed by atoms with van der Waals surface area (Å²) in [5, 5.41) is 14.8. The third kappa shape index (κ3) is 2.97. The largest absolute Gasteiger partial charge is 0.507 e. The molecule has 3 aromatic rings. The average Bonchev–Trinajstić information content (AvgIpc) is 2.56. The summed E-state index contributed by atoms with van der Waals surface area (Å²) in [5.74, 6) is 0.264. The number of aromatic hydroxyl groups is 1. The number of methoxy groups -OCH3 is 1. The van der Waals surface area contributed by atoms with Crippen LogP contribution in [0.25, 0.3) is 10.8 Å². The minimum Gasteiger partial charge on any atom is -0.507 e. The first-order chi connectivity index (χ1) is 11.1. The van der Waals surface area contributed by atoms with Gasteiger partial charge in [0.15, 0.2) is 0 Å². The van der Waals surface area contributed by atoms with Gasteiger partial charge in [0.25, 0.3) is 5.91 Å². The highest BCUT2D eigenvalue weighted by Crippen LogP contribution is 2.27. The van der Waals surface area contributed by atoms with E-state index in [-0.39, 0.29) is 17.2 Å². The Kier molecular flexibility index (Phi) is 3.89. The molecule has 1 amide bonds. The smallest absolute Gasteiger partial charge is 0.259 e. The van der Waals surface area contributed by atoms with Gasteiger partial charge in [-0.1, -0.05) is 30.3 Å². The number of phenolic OH excluding ortho intramolecular Hbond substituents is 1. The number of nitrogens with one attached hydrogen (secondary N) is 1. The Morgan fingerprint density at radius 1 is 1.04 bits per heavy atom. The fourth-order valence-corrected chi connectivity index (χ4v) is 2.46. The number of phenols is 1. The molecule has 0 heterocycles. The molecule has 3 rings (SSSR count). The fourth-order valence-electron chi connectivity index (χ4n) is 2.46. The van der Waals surface area contributed by atoms with Gasteiger partial charge in [-0.2, -0.15) is 0 Å². The van der Waals surface area contributed by atoms with Crippen LogP contribution in [0.3, 0.4) is 0 Å². The summed E-state index contributed by atoms with van der Waals surface area (Å²) in [5.41, 5.74) is 1.81. The van der Waals surface area contributed by atoms with E-state index < -0.39 is 0 Å². The number of carbonyl (C=O) groups excluding carboxylic acids is 1. The highest BCUT2D eigenvalue weighted by molar-refractivity contribution is 6.09. The van der Waals surface area contributed by atoms with Crippen LogP contribution in [0.4, 0.5) is 5.69 Å². The van der Waals surface area contributed by atoms with Crippen LogP contribution in [-0.2, 0) is 0 Å². The van der Waals surface area contributed by atoms with Gasteiger partial charge in [-0.15, -0.1) is 0 Å². The molecule has 0 aliphatic rings. The van der Waals surface area contributed by atoms with Gasteiger partial charge in [-0.05, 0) is 41.5 Å². The van der Waals surface area contributed by atoms with Crippen molar-refractivity contribution in [1.82, 2.24) is 0 Å². The van der Waals surface area contributed by atoms with Crippen LogP contribution in [0.15, 0.2) is 54.6 Å². The second kappa shape index (κ2) is 6.01. The Morgan fingerprint density at radius 3 is 2.43 bits per heavy atom. The summed E-state index contributed by atoms with van der Waals surface area (Å²) < 4.78 is 5.18. The normalized spacial score (nSPS) is 10.5. The number of carbonyl (C=O) groups is 1. The maximum Gasteiger partial charge on any atom is 0.259 e. The highest BCUT2D eigenvalue weighted by atomic mass is 16.5. The first kappa shape index (κ1) is 14.9. The van der Waals surface area contributed by atoms with Crippen molar-refractivity contribution in [3.05, 3.63) is 65.7 Å². The molecule has 0 aliphatic heterocycles. The molecule has 116 valence electrons. The molecule has 0 fully saturated rings. The van der Waals surface area contributed by atoms with Crippen molar-refractivity contribution in [3.8, 4) is 11.5 Å². The maximum atomic E-state index is 12.5. The van der Waals surface area contributed by atoms with Gasteiger partial charge in [-0.25, -0.2) is 0 Å². The molecule has 4 nitrogen and oxygen atoms in total. The van der Waals surface area contributed by atoms with Crippen LogP contribution in [0.2, 0.25) is 0 Å². The van der Waals surface area contributed by atoms with Crippen molar-refractivity contribution in [2.75, 3.05) is 12.4 Å². The van der Waals surface area contributed by atoms with Crippen LogP contribution in [0.5, 0.6) is 11.5 Å². The number of fused-ring (bicyclic) bond motifs is 1. The molecular weight excluding hydrogens is 290 g/mol. The third-order valence-electron chi connectivity index (χ3n) is 3.80. The predicted octanol–water partition coefficient (Wildman–Crippen LogP) is 4.11. The SMILES string of the molecule is COc1ccc(C)c(NC(=O)c2cc3ccccc3cc2O)c1. The van der Waals surface area contributed by atoms with E-state index in [9.17, 15) is 9.90 Å². The predicted molar refractivity (Wildman–Crippen MR) is 91.3 cm³/mol. The lowest BCUT2D eigenvalue weighted by molar-refractivity contribution is 0.102. The lowest BCUT2D eigenvalue weighted by Gasteiger charge is -2.11. The van der Waals surface area contributed by atoms with E-state index in [2.05, 4.69) is 5.32 Å². The van der Waals surface area contributed by atoms with Gasteiger partial charge >= 0.3 is 0 Å². The molecule has 4 heteroatoms. The maximum absolute atomic E-state index is 12.5. The van der Waals surface area contributed by atoms with E-state index in [1.807, 2.05) is 43.3 Å². The van der Waals surface area contributed by atoms with E-state index in [4.69, 9.17) is 4.74 Å². The molecule has 0 atom stereocenters. The summed E-state index contributed by atoms with van der Waals surface area (Å²) in [6.07, 6.45) is 0. The molecule has 0 unspecified atom stereocenters. The van der Waals surface area contributed by atoms with Crippen LogP contribution in [0, 0.1) is 6.92 Å². The number of anilines is 1. The third-order valence-corrected chi connectivity index (χ3v) is 3.80. The summed E-state index contributed by atoms with van der Waals surface area (Å²) in [6, 6.07) is 16.3. The van der Waals surface area contributed by atoms with Crippen LogP contribution in [-0.4, -0.2) is 18.1 Å². The summed E-state index contributed by atoms with van der Waals surface area (Å²) >= 11 is 0. The Balaban J connectivity index is 1.96. The van der Waals surface area contributed by atoms with Crippen molar-refractivity contribution in [1.29, 1.82) is 0 Å². The number of aryl methyl sites for hydroxylation is 1. The Labute approximate surface area is 134 Å². The quantitative estimate of drug-likeness (QED) is 0.765. The molecule has 0 saturated carbocycles. The van der Waals surface area contributed by atoms with E-state index in [0.29, 0.717) is 11.4 Å².